The van der Waals surface area contributed by atoms with E-state index in [0.717, 1.165) is 31.8 Å². The third-order valence-electron chi connectivity index (χ3n) is 3.42. The summed E-state index contributed by atoms with van der Waals surface area (Å²) in [6, 6.07) is 0. The summed E-state index contributed by atoms with van der Waals surface area (Å²) in [5.74, 6) is 1.59. The lowest BCUT2D eigenvalue weighted by Gasteiger charge is -2.07. The minimum Gasteiger partial charge on any atom is -0.374 e. The van der Waals surface area contributed by atoms with E-state index in [1.54, 1.807) is 0 Å². The predicted molar refractivity (Wildman–Crippen MR) is 55.1 cm³/mol. The zero-order valence-corrected chi connectivity index (χ0v) is 8.84. The maximum absolute atomic E-state index is 11.6. The highest BCUT2D eigenvalue weighted by Gasteiger charge is 2.23. The summed E-state index contributed by atoms with van der Waals surface area (Å²) in [6.07, 6.45) is 8.59. The molecule has 2 fully saturated rings. The molecule has 2 aliphatic rings. The largest absolute Gasteiger partial charge is 0.374 e. The van der Waals surface area contributed by atoms with Crippen molar-refractivity contribution in [2.24, 2.45) is 11.8 Å². The Bertz CT molecular complexity index is 190. The van der Waals surface area contributed by atoms with Crippen LogP contribution in [0.1, 0.15) is 44.9 Å². The summed E-state index contributed by atoms with van der Waals surface area (Å²) in [7, 11) is 0. The Morgan fingerprint density at radius 2 is 1.86 bits per heavy atom. The number of Topliss-reactive ketones (excluding diaryl/α,β-unsaturated/α-hetero) is 1. The molecule has 0 bridgehead atoms. The van der Waals surface area contributed by atoms with Crippen LogP contribution in [0.3, 0.4) is 0 Å². The highest BCUT2D eigenvalue weighted by atomic mass is 16.5. The number of ether oxygens (including phenoxy) is 1. The lowest BCUT2D eigenvalue weighted by atomic mass is 10.0. The Labute approximate surface area is 86.0 Å². The van der Waals surface area contributed by atoms with E-state index in [9.17, 15) is 4.79 Å². The Kier molecular flexibility index (Phi) is 3.57. The lowest BCUT2D eigenvalue weighted by molar-refractivity contribution is -0.127. The van der Waals surface area contributed by atoms with Crippen molar-refractivity contribution in [3.8, 4) is 0 Å². The van der Waals surface area contributed by atoms with Gasteiger partial charge >= 0.3 is 0 Å². The smallest absolute Gasteiger partial charge is 0.161 e. The predicted octanol–water partition coefficient (Wildman–Crippen LogP) is 2.56. The fraction of sp³-hybridized carbons (Fsp3) is 0.917. The summed E-state index contributed by atoms with van der Waals surface area (Å²) >= 11 is 0. The molecule has 0 heterocycles. The minimum absolute atomic E-state index is 0.330. The van der Waals surface area contributed by atoms with Gasteiger partial charge in [0.1, 0.15) is 6.61 Å². The first-order valence-corrected chi connectivity index (χ1v) is 5.96. The standard InChI is InChI=1S/C12H20O2/c13-12(11-3-1-2-4-11)9-14-8-7-10-5-6-10/h10-11H,1-9H2. The molecule has 0 radical (unpaired) electrons. The second-order valence-electron chi connectivity index (χ2n) is 4.73. The van der Waals surface area contributed by atoms with Gasteiger partial charge in [-0.2, -0.15) is 0 Å². The molecular formula is C12H20O2. The van der Waals surface area contributed by atoms with Crippen molar-refractivity contribution in [3.05, 3.63) is 0 Å². The van der Waals surface area contributed by atoms with Crippen LogP contribution < -0.4 is 0 Å². The molecule has 0 amide bonds. The lowest BCUT2D eigenvalue weighted by Crippen LogP contribution is -2.17. The molecule has 80 valence electrons. The molecule has 0 N–H and O–H groups in total. The molecule has 0 spiro atoms. The van der Waals surface area contributed by atoms with E-state index in [2.05, 4.69) is 0 Å². The molecule has 2 saturated carbocycles. The molecule has 0 aliphatic heterocycles. The monoisotopic (exact) mass is 196 g/mol. The summed E-state index contributed by atoms with van der Waals surface area (Å²) in [6.45, 7) is 1.17. The van der Waals surface area contributed by atoms with Gasteiger partial charge in [-0.1, -0.05) is 25.7 Å². The molecule has 2 rings (SSSR count). The minimum atomic E-state index is 0.330. The fourth-order valence-electron chi connectivity index (χ4n) is 2.19. The average Bonchev–Trinajstić information content (AvgIpc) is 2.84. The van der Waals surface area contributed by atoms with Gasteiger partial charge in [0, 0.05) is 12.5 Å². The second kappa shape index (κ2) is 4.92. The number of ketones is 1. The van der Waals surface area contributed by atoms with Crippen LogP contribution in [-0.2, 0) is 9.53 Å². The Balaban J connectivity index is 1.52. The number of hydrogen-bond donors (Lipinski definition) is 0. The van der Waals surface area contributed by atoms with E-state index in [1.807, 2.05) is 0 Å². The van der Waals surface area contributed by atoms with Gasteiger partial charge in [-0.25, -0.2) is 0 Å². The zero-order chi connectivity index (χ0) is 9.80. The number of rotatable bonds is 6. The summed E-state index contributed by atoms with van der Waals surface area (Å²) in [5, 5.41) is 0. The second-order valence-corrected chi connectivity index (χ2v) is 4.73. The Morgan fingerprint density at radius 3 is 2.50 bits per heavy atom. The third-order valence-corrected chi connectivity index (χ3v) is 3.42. The van der Waals surface area contributed by atoms with E-state index in [-0.39, 0.29) is 0 Å². The quantitative estimate of drug-likeness (QED) is 0.610. The average molecular weight is 196 g/mol. The normalized spacial score (nSPS) is 22.9. The van der Waals surface area contributed by atoms with Crippen LogP contribution in [0.2, 0.25) is 0 Å². The van der Waals surface area contributed by atoms with Crippen molar-refractivity contribution >= 4 is 5.78 Å². The molecular weight excluding hydrogens is 176 g/mol. The van der Waals surface area contributed by atoms with Crippen molar-refractivity contribution in [1.29, 1.82) is 0 Å². The van der Waals surface area contributed by atoms with Crippen LogP contribution in [0.5, 0.6) is 0 Å². The molecule has 2 nitrogen and oxygen atoms in total. The fourth-order valence-corrected chi connectivity index (χ4v) is 2.19. The van der Waals surface area contributed by atoms with E-state index in [1.165, 1.54) is 25.7 Å². The highest BCUT2D eigenvalue weighted by molar-refractivity contribution is 5.82. The van der Waals surface area contributed by atoms with Gasteiger partial charge in [0.2, 0.25) is 0 Å². The Hall–Kier alpha value is -0.370. The van der Waals surface area contributed by atoms with Gasteiger partial charge in [-0.05, 0) is 25.2 Å². The number of hydrogen-bond acceptors (Lipinski definition) is 2. The van der Waals surface area contributed by atoms with Crippen LogP contribution in [-0.4, -0.2) is 19.0 Å². The first-order chi connectivity index (χ1) is 6.86. The molecule has 0 aromatic carbocycles. The Morgan fingerprint density at radius 1 is 1.14 bits per heavy atom. The molecule has 0 aromatic heterocycles. The van der Waals surface area contributed by atoms with Crippen molar-refractivity contribution in [3.63, 3.8) is 0 Å². The van der Waals surface area contributed by atoms with Gasteiger partial charge in [-0.15, -0.1) is 0 Å². The van der Waals surface area contributed by atoms with Gasteiger partial charge < -0.3 is 4.74 Å². The van der Waals surface area contributed by atoms with E-state index in [4.69, 9.17) is 4.74 Å². The summed E-state index contributed by atoms with van der Waals surface area (Å²) in [4.78, 5) is 11.6. The van der Waals surface area contributed by atoms with Gasteiger partial charge in [0.15, 0.2) is 5.78 Å². The first kappa shape index (κ1) is 10.2. The van der Waals surface area contributed by atoms with Crippen molar-refractivity contribution in [2.45, 2.75) is 44.9 Å². The maximum Gasteiger partial charge on any atom is 0.161 e. The van der Waals surface area contributed by atoms with Crippen LogP contribution in [0.15, 0.2) is 0 Å². The molecule has 14 heavy (non-hydrogen) atoms. The molecule has 0 unspecified atom stereocenters. The highest BCUT2D eigenvalue weighted by Crippen LogP contribution is 2.32. The van der Waals surface area contributed by atoms with Crippen molar-refractivity contribution < 1.29 is 9.53 Å². The molecule has 0 aromatic rings. The first-order valence-electron chi connectivity index (χ1n) is 5.96. The summed E-state index contributed by atoms with van der Waals surface area (Å²) < 4.78 is 5.41. The maximum atomic E-state index is 11.6. The van der Waals surface area contributed by atoms with E-state index in [0.29, 0.717) is 18.3 Å². The van der Waals surface area contributed by atoms with Gasteiger partial charge in [0.25, 0.3) is 0 Å². The SMILES string of the molecule is O=C(COCCC1CC1)C1CCCC1. The number of carbonyl (C=O) groups excluding carboxylic acids is 1. The molecule has 0 saturated heterocycles. The van der Waals surface area contributed by atoms with Crippen LogP contribution in [0, 0.1) is 11.8 Å². The summed E-state index contributed by atoms with van der Waals surface area (Å²) in [5.41, 5.74) is 0. The number of carbonyl (C=O) groups is 1. The topological polar surface area (TPSA) is 26.3 Å². The van der Waals surface area contributed by atoms with Crippen LogP contribution in [0.4, 0.5) is 0 Å². The van der Waals surface area contributed by atoms with Crippen LogP contribution in [0.25, 0.3) is 0 Å². The molecule has 2 aliphatic carbocycles. The zero-order valence-electron chi connectivity index (χ0n) is 8.84. The third kappa shape index (κ3) is 3.09. The molecule has 0 atom stereocenters. The van der Waals surface area contributed by atoms with Crippen LogP contribution >= 0.6 is 0 Å². The van der Waals surface area contributed by atoms with E-state index < -0.39 is 0 Å². The van der Waals surface area contributed by atoms with E-state index >= 15 is 0 Å². The molecule has 2 heteroatoms. The van der Waals surface area contributed by atoms with Crippen molar-refractivity contribution in [1.82, 2.24) is 0 Å². The van der Waals surface area contributed by atoms with Gasteiger partial charge in [0.05, 0.1) is 0 Å². The van der Waals surface area contributed by atoms with Crippen molar-refractivity contribution in [2.75, 3.05) is 13.2 Å². The van der Waals surface area contributed by atoms with Gasteiger partial charge in [-0.3, -0.25) is 4.79 Å².